The molecule has 1 aromatic rings. The average molecular weight is 289 g/mol. The topological polar surface area (TPSA) is 45.7 Å². The van der Waals surface area contributed by atoms with Crippen molar-refractivity contribution in [2.45, 2.75) is 32.4 Å². The summed E-state index contributed by atoms with van der Waals surface area (Å²) in [5.74, 6) is 0.184. The second-order valence-corrected chi connectivity index (χ2v) is 5.91. The van der Waals surface area contributed by atoms with Crippen LogP contribution in [0, 0.1) is 6.92 Å². The zero-order valence-electron chi connectivity index (χ0n) is 12.6. The van der Waals surface area contributed by atoms with Crippen LogP contribution >= 0.6 is 0 Å². The molecular formula is C16H23N3O2. The van der Waals surface area contributed by atoms with Gasteiger partial charge in [0.25, 0.3) is 5.91 Å². The van der Waals surface area contributed by atoms with Gasteiger partial charge in [0, 0.05) is 51.2 Å². The molecule has 5 nitrogen and oxygen atoms in total. The highest BCUT2D eigenvalue weighted by Crippen LogP contribution is 2.16. The summed E-state index contributed by atoms with van der Waals surface area (Å²) in [6, 6.07) is 4.18. The van der Waals surface area contributed by atoms with Crippen LogP contribution in [0.2, 0.25) is 0 Å². The number of ether oxygens (including phenoxy) is 1. The van der Waals surface area contributed by atoms with Gasteiger partial charge in [-0.2, -0.15) is 0 Å². The van der Waals surface area contributed by atoms with Crippen LogP contribution in [0.3, 0.4) is 0 Å². The van der Waals surface area contributed by atoms with E-state index >= 15 is 0 Å². The molecule has 1 amide bonds. The Kier molecular flexibility index (Phi) is 4.51. The summed E-state index contributed by atoms with van der Waals surface area (Å²) in [6.07, 6.45) is 3.65. The highest BCUT2D eigenvalue weighted by atomic mass is 16.5. The Morgan fingerprint density at radius 3 is 2.76 bits per heavy atom. The molecule has 21 heavy (non-hydrogen) atoms. The van der Waals surface area contributed by atoms with Gasteiger partial charge in [0.1, 0.15) is 6.10 Å². The summed E-state index contributed by atoms with van der Waals surface area (Å²) in [5.41, 5.74) is 2.28. The summed E-state index contributed by atoms with van der Waals surface area (Å²) in [7, 11) is 0. The van der Waals surface area contributed by atoms with E-state index in [0.717, 1.165) is 57.9 Å². The molecule has 3 heterocycles. The molecule has 2 aliphatic rings. The van der Waals surface area contributed by atoms with Gasteiger partial charge in [-0.05, 0) is 31.4 Å². The maximum Gasteiger partial charge on any atom is 0.251 e. The van der Waals surface area contributed by atoms with Gasteiger partial charge < -0.3 is 9.64 Å². The minimum atomic E-state index is -0.183. The monoisotopic (exact) mass is 289 g/mol. The van der Waals surface area contributed by atoms with Crippen LogP contribution in [0.25, 0.3) is 0 Å². The first-order valence-corrected chi connectivity index (χ1v) is 7.76. The predicted octanol–water partition coefficient (Wildman–Crippen LogP) is 1.21. The molecule has 5 heteroatoms. The summed E-state index contributed by atoms with van der Waals surface area (Å²) in [6.45, 7) is 7.10. The average Bonchev–Trinajstić information content (AvgIpc) is 3.04. The van der Waals surface area contributed by atoms with Gasteiger partial charge in [-0.1, -0.05) is 6.07 Å². The molecule has 2 aliphatic heterocycles. The molecule has 0 saturated carbocycles. The third kappa shape index (κ3) is 3.60. The molecule has 0 N–H and O–H groups in total. The molecular weight excluding hydrogens is 266 g/mol. The lowest BCUT2D eigenvalue weighted by atomic mass is 10.2. The van der Waals surface area contributed by atoms with Crippen molar-refractivity contribution >= 4 is 5.91 Å². The second-order valence-electron chi connectivity index (χ2n) is 5.91. The third-order valence-electron chi connectivity index (χ3n) is 4.27. The first kappa shape index (κ1) is 14.5. The fourth-order valence-corrected chi connectivity index (χ4v) is 2.95. The number of carbonyl (C=O) groups is 1. The van der Waals surface area contributed by atoms with Gasteiger partial charge in [0.15, 0.2) is 0 Å². The Balaban J connectivity index is 1.48. The van der Waals surface area contributed by atoms with E-state index in [4.69, 9.17) is 4.74 Å². The molecule has 1 atom stereocenters. The zero-order chi connectivity index (χ0) is 14.7. The maximum atomic E-state index is 12.3. The predicted molar refractivity (Wildman–Crippen MR) is 79.8 cm³/mol. The third-order valence-corrected chi connectivity index (χ3v) is 4.27. The molecule has 3 rings (SSSR count). The first-order valence-electron chi connectivity index (χ1n) is 7.76. The summed E-state index contributed by atoms with van der Waals surface area (Å²) in [4.78, 5) is 20.9. The van der Waals surface area contributed by atoms with E-state index in [0.29, 0.717) is 0 Å². The number of amides is 1. The van der Waals surface area contributed by atoms with E-state index in [1.54, 1.807) is 0 Å². The van der Waals surface area contributed by atoms with Gasteiger partial charge in [-0.3, -0.25) is 14.7 Å². The molecule has 0 spiro atoms. The largest absolute Gasteiger partial charge is 0.368 e. The Hall–Kier alpha value is -1.46. The number of nitrogens with zero attached hydrogens (tertiary/aromatic N) is 3. The lowest BCUT2D eigenvalue weighted by molar-refractivity contribution is -0.142. The maximum absolute atomic E-state index is 12.3. The van der Waals surface area contributed by atoms with E-state index in [1.165, 1.54) is 5.56 Å². The fraction of sp³-hybridized carbons (Fsp3) is 0.625. The lowest BCUT2D eigenvalue weighted by Gasteiger charge is -2.35. The van der Waals surface area contributed by atoms with Crippen molar-refractivity contribution in [3.63, 3.8) is 0 Å². The van der Waals surface area contributed by atoms with Crippen molar-refractivity contribution in [1.29, 1.82) is 0 Å². The van der Waals surface area contributed by atoms with E-state index in [-0.39, 0.29) is 12.0 Å². The van der Waals surface area contributed by atoms with E-state index in [2.05, 4.69) is 16.0 Å². The zero-order valence-corrected chi connectivity index (χ0v) is 12.6. The number of piperazine rings is 1. The molecule has 114 valence electrons. The SMILES string of the molecule is Cc1ccc(CN2CCN(C(=O)C3CCCO3)CC2)cn1. The molecule has 0 radical (unpaired) electrons. The normalized spacial score (nSPS) is 23.5. The first-order chi connectivity index (χ1) is 10.2. The van der Waals surface area contributed by atoms with Gasteiger partial charge in [-0.25, -0.2) is 0 Å². The number of hydrogen-bond donors (Lipinski definition) is 0. The van der Waals surface area contributed by atoms with Crippen LogP contribution < -0.4 is 0 Å². The number of pyridine rings is 1. The second kappa shape index (κ2) is 6.54. The van der Waals surface area contributed by atoms with Crippen molar-refractivity contribution in [1.82, 2.24) is 14.8 Å². The van der Waals surface area contributed by atoms with E-state index in [9.17, 15) is 4.79 Å². The Labute approximate surface area is 125 Å². The Bertz CT molecular complexity index is 475. The summed E-state index contributed by atoms with van der Waals surface area (Å²) in [5, 5.41) is 0. The van der Waals surface area contributed by atoms with Crippen LogP contribution in [-0.4, -0.2) is 59.6 Å². The standard InChI is InChI=1S/C16H23N3O2/c1-13-4-5-14(11-17-13)12-18-6-8-19(9-7-18)16(20)15-3-2-10-21-15/h4-5,11,15H,2-3,6-10,12H2,1H3. The summed E-state index contributed by atoms with van der Waals surface area (Å²) >= 11 is 0. The number of rotatable bonds is 3. The smallest absolute Gasteiger partial charge is 0.251 e. The van der Waals surface area contributed by atoms with Gasteiger partial charge in [0.2, 0.25) is 0 Å². The van der Waals surface area contributed by atoms with Crippen molar-refractivity contribution in [2.75, 3.05) is 32.8 Å². The lowest BCUT2D eigenvalue weighted by Crippen LogP contribution is -2.51. The minimum absolute atomic E-state index is 0.183. The van der Waals surface area contributed by atoms with Crippen LogP contribution in [0.1, 0.15) is 24.1 Å². The van der Waals surface area contributed by atoms with Crippen molar-refractivity contribution in [3.05, 3.63) is 29.6 Å². The van der Waals surface area contributed by atoms with Gasteiger partial charge in [-0.15, -0.1) is 0 Å². The van der Waals surface area contributed by atoms with E-state index < -0.39 is 0 Å². The molecule has 1 aromatic heterocycles. The number of hydrogen-bond acceptors (Lipinski definition) is 4. The van der Waals surface area contributed by atoms with Crippen LogP contribution in [-0.2, 0) is 16.1 Å². The molecule has 0 aromatic carbocycles. The molecule has 0 aliphatic carbocycles. The molecule has 0 bridgehead atoms. The van der Waals surface area contributed by atoms with Crippen LogP contribution in [0.4, 0.5) is 0 Å². The Morgan fingerprint density at radius 2 is 2.14 bits per heavy atom. The Morgan fingerprint density at radius 1 is 1.33 bits per heavy atom. The van der Waals surface area contributed by atoms with Crippen molar-refractivity contribution < 1.29 is 9.53 Å². The van der Waals surface area contributed by atoms with Gasteiger partial charge in [0.05, 0.1) is 0 Å². The highest BCUT2D eigenvalue weighted by Gasteiger charge is 2.30. The molecule has 2 fully saturated rings. The number of aryl methyl sites for hydroxylation is 1. The number of carbonyl (C=O) groups excluding carboxylic acids is 1. The fourth-order valence-electron chi connectivity index (χ4n) is 2.95. The highest BCUT2D eigenvalue weighted by molar-refractivity contribution is 5.81. The molecule has 2 saturated heterocycles. The van der Waals surface area contributed by atoms with E-state index in [1.807, 2.05) is 24.1 Å². The minimum Gasteiger partial charge on any atom is -0.368 e. The van der Waals surface area contributed by atoms with Gasteiger partial charge >= 0.3 is 0 Å². The van der Waals surface area contributed by atoms with Crippen LogP contribution in [0.5, 0.6) is 0 Å². The van der Waals surface area contributed by atoms with Crippen LogP contribution in [0.15, 0.2) is 18.3 Å². The molecule has 1 unspecified atom stereocenters. The number of aromatic nitrogens is 1. The van der Waals surface area contributed by atoms with Crippen molar-refractivity contribution in [3.8, 4) is 0 Å². The van der Waals surface area contributed by atoms with Crippen molar-refractivity contribution in [2.24, 2.45) is 0 Å². The quantitative estimate of drug-likeness (QED) is 0.839. The summed E-state index contributed by atoms with van der Waals surface area (Å²) < 4.78 is 5.49.